The molecule has 7 rings (SSSR count). The number of ether oxygens (including phenoxy) is 1. The molecule has 3 aromatic rings. The number of carbonyl (C=O) groups is 3. The molecule has 0 radical (unpaired) electrons. The molecule has 1 aromatic carbocycles. The molecule has 2 N–H and O–H groups in total. The molecule has 3 atom stereocenters. The number of H-pyrrole nitrogens is 1. The third-order valence-corrected chi connectivity index (χ3v) is 8.76. The number of hydrogen-bond acceptors (Lipinski definition) is 6. The molecule has 4 aliphatic rings. The standard InChI is InChI=1S/C29H31N5O4/c35-26-8-7-24(28(36)32-26)34-16-17-13-19(5-6-21(17)29(34)37)38-25-4-2-1-3-23(25)33-14-18(15-33)20-9-11-30-27-22(20)10-12-31-27/h5-6,9-13,18,23-25H,1-4,7-8,14-16H2,(H,30,31)(H,32,35,36)/t23-,24?,25-/m0/s1. The van der Waals surface area contributed by atoms with Gasteiger partial charge in [0, 0.05) is 61.4 Å². The van der Waals surface area contributed by atoms with Crippen LogP contribution in [0.25, 0.3) is 11.0 Å². The van der Waals surface area contributed by atoms with Crippen LogP contribution in [0.4, 0.5) is 0 Å². The first-order chi connectivity index (χ1) is 18.5. The van der Waals surface area contributed by atoms with Crippen LogP contribution in [-0.2, 0) is 16.1 Å². The van der Waals surface area contributed by atoms with Gasteiger partial charge < -0.3 is 14.6 Å². The van der Waals surface area contributed by atoms with Crippen molar-refractivity contribution >= 4 is 28.8 Å². The molecular weight excluding hydrogens is 482 g/mol. The molecule has 3 fully saturated rings. The third kappa shape index (κ3) is 3.96. The number of likely N-dealkylation sites (tertiary alicyclic amines) is 1. The molecule has 3 aliphatic heterocycles. The van der Waals surface area contributed by atoms with Crippen LogP contribution in [0.15, 0.2) is 42.7 Å². The summed E-state index contributed by atoms with van der Waals surface area (Å²) in [6.45, 7) is 2.40. The van der Waals surface area contributed by atoms with Crippen molar-refractivity contribution in [2.75, 3.05) is 13.1 Å². The Bertz CT molecular complexity index is 1430. The lowest BCUT2D eigenvalue weighted by Gasteiger charge is -2.48. The maximum Gasteiger partial charge on any atom is 0.255 e. The Hall–Kier alpha value is -3.72. The third-order valence-electron chi connectivity index (χ3n) is 8.76. The number of aromatic amines is 1. The van der Waals surface area contributed by atoms with Gasteiger partial charge in [-0.2, -0.15) is 0 Å². The molecule has 9 nitrogen and oxygen atoms in total. The number of nitrogens with one attached hydrogen (secondary N) is 2. The van der Waals surface area contributed by atoms with Crippen LogP contribution < -0.4 is 10.1 Å². The lowest BCUT2D eigenvalue weighted by molar-refractivity contribution is -0.136. The van der Waals surface area contributed by atoms with E-state index in [4.69, 9.17) is 4.74 Å². The van der Waals surface area contributed by atoms with E-state index >= 15 is 0 Å². The molecule has 196 valence electrons. The van der Waals surface area contributed by atoms with Crippen LogP contribution in [-0.4, -0.2) is 68.8 Å². The van der Waals surface area contributed by atoms with E-state index in [-0.39, 0.29) is 30.2 Å². The number of nitrogens with zero attached hydrogens (tertiary/aromatic N) is 3. The Morgan fingerprint density at radius 2 is 1.87 bits per heavy atom. The topological polar surface area (TPSA) is 108 Å². The average molecular weight is 514 g/mol. The van der Waals surface area contributed by atoms with Gasteiger partial charge in [-0.3, -0.25) is 24.6 Å². The number of amides is 3. The normalized spacial score (nSPS) is 26.4. The number of carbonyl (C=O) groups excluding carboxylic acids is 3. The first-order valence-corrected chi connectivity index (χ1v) is 13.7. The van der Waals surface area contributed by atoms with Crippen molar-refractivity contribution in [1.82, 2.24) is 25.1 Å². The van der Waals surface area contributed by atoms with Gasteiger partial charge in [-0.15, -0.1) is 0 Å². The molecule has 5 heterocycles. The van der Waals surface area contributed by atoms with Gasteiger partial charge in [0.2, 0.25) is 11.8 Å². The average Bonchev–Trinajstić information content (AvgIpc) is 3.49. The Kier molecular flexibility index (Phi) is 5.69. The molecule has 0 bridgehead atoms. The van der Waals surface area contributed by atoms with Crippen molar-refractivity contribution in [1.29, 1.82) is 0 Å². The summed E-state index contributed by atoms with van der Waals surface area (Å²) in [6.07, 6.45) is 9.08. The number of rotatable bonds is 5. The molecule has 2 aromatic heterocycles. The smallest absolute Gasteiger partial charge is 0.255 e. The van der Waals surface area contributed by atoms with Crippen molar-refractivity contribution in [3.63, 3.8) is 0 Å². The van der Waals surface area contributed by atoms with Gasteiger partial charge in [0.25, 0.3) is 5.91 Å². The zero-order chi connectivity index (χ0) is 25.8. The molecule has 1 aliphatic carbocycles. The van der Waals surface area contributed by atoms with E-state index < -0.39 is 6.04 Å². The summed E-state index contributed by atoms with van der Waals surface area (Å²) in [5.41, 5.74) is 3.80. The number of imide groups is 1. The van der Waals surface area contributed by atoms with Crippen molar-refractivity contribution in [3.05, 3.63) is 59.4 Å². The number of pyridine rings is 1. The molecule has 38 heavy (non-hydrogen) atoms. The summed E-state index contributed by atoms with van der Waals surface area (Å²) in [5.74, 6) is 0.457. The van der Waals surface area contributed by atoms with Gasteiger partial charge >= 0.3 is 0 Å². The largest absolute Gasteiger partial charge is 0.489 e. The fourth-order valence-corrected chi connectivity index (χ4v) is 6.75. The zero-order valence-electron chi connectivity index (χ0n) is 21.2. The van der Waals surface area contributed by atoms with Crippen LogP contribution >= 0.6 is 0 Å². The van der Waals surface area contributed by atoms with Gasteiger partial charge in [-0.1, -0.05) is 6.42 Å². The van der Waals surface area contributed by atoms with E-state index in [1.165, 1.54) is 17.4 Å². The van der Waals surface area contributed by atoms with E-state index in [2.05, 4.69) is 32.3 Å². The number of fused-ring (bicyclic) bond motifs is 2. The summed E-state index contributed by atoms with van der Waals surface area (Å²) >= 11 is 0. The molecule has 1 unspecified atom stereocenters. The Labute approximate surface area is 220 Å². The minimum atomic E-state index is -0.605. The van der Waals surface area contributed by atoms with E-state index in [0.717, 1.165) is 49.3 Å². The lowest BCUT2D eigenvalue weighted by Crippen LogP contribution is -2.57. The lowest BCUT2D eigenvalue weighted by atomic mass is 9.84. The minimum Gasteiger partial charge on any atom is -0.489 e. The molecule has 2 saturated heterocycles. The highest BCUT2D eigenvalue weighted by molar-refractivity contribution is 6.05. The van der Waals surface area contributed by atoms with Crippen molar-refractivity contribution in [2.24, 2.45) is 0 Å². The number of benzene rings is 1. The van der Waals surface area contributed by atoms with Gasteiger partial charge in [-0.05, 0) is 67.1 Å². The van der Waals surface area contributed by atoms with Crippen LogP contribution in [0, 0.1) is 0 Å². The molecule has 1 saturated carbocycles. The Morgan fingerprint density at radius 3 is 2.74 bits per heavy atom. The van der Waals surface area contributed by atoms with E-state index in [1.54, 1.807) is 4.90 Å². The molecule has 9 heteroatoms. The summed E-state index contributed by atoms with van der Waals surface area (Å²) in [7, 11) is 0. The van der Waals surface area contributed by atoms with Crippen LogP contribution in [0.2, 0.25) is 0 Å². The zero-order valence-corrected chi connectivity index (χ0v) is 21.2. The predicted molar refractivity (Wildman–Crippen MR) is 140 cm³/mol. The highest BCUT2D eigenvalue weighted by Gasteiger charge is 2.41. The van der Waals surface area contributed by atoms with Crippen LogP contribution in [0.3, 0.4) is 0 Å². The van der Waals surface area contributed by atoms with E-state index in [9.17, 15) is 14.4 Å². The van der Waals surface area contributed by atoms with Crippen molar-refractivity contribution < 1.29 is 19.1 Å². The first kappa shape index (κ1) is 23.4. The van der Waals surface area contributed by atoms with Gasteiger partial charge in [-0.25, -0.2) is 4.98 Å². The molecular formula is C29H31N5O4. The molecule has 3 amide bonds. The van der Waals surface area contributed by atoms with E-state index in [0.29, 0.717) is 30.5 Å². The summed E-state index contributed by atoms with van der Waals surface area (Å²) in [6, 6.07) is 9.70. The fraction of sp³-hybridized carbons (Fsp3) is 0.448. The van der Waals surface area contributed by atoms with Crippen molar-refractivity contribution in [3.8, 4) is 5.75 Å². The van der Waals surface area contributed by atoms with Gasteiger partial charge in [0.05, 0.1) is 0 Å². The van der Waals surface area contributed by atoms with Gasteiger partial charge in [0.1, 0.15) is 23.5 Å². The Balaban J connectivity index is 1.03. The quantitative estimate of drug-likeness (QED) is 0.508. The van der Waals surface area contributed by atoms with Crippen LogP contribution in [0.5, 0.6) is 5.75 Å². The maximum atomic E-state index is 13.0. The second-order valence-corrected chi connectivity index (χ2v) is 11.0. The highest BCUT2D eigenvalue weighted by Crippen LogP contribution is 2.38. The molecule has 0 spiro atoms. The SMILES string of the molecule is O=C1CCC(N2Cc3cc(O[C@H]4CCCC[C@@H]4N4CC(c5ccnc6[nH]ccc56)C4)ccc3C2=O)C(=O)N1. The first-order valence-electron chi connectivity index (χ1n) is 13.7. The number of aromatic nitrogens is 2. The maximum absolute atomic E-state index is 13.0. The second-order valence-electron chi connectivity index (χ2n) is 11.0. The number of piperidine rings is 1. The van der Waals surface area contributed by atoms with Crippen LogP contribution in [0.1, 0.15) is 65.9 Å². The monoisotopic (exact) mass is 513 g/mol. The fourth-order valence-electron chi connectivity index (χ4n) is 6.75. The van der Waals surface area contributed by atoms with Crippen molar-refractivity contribution in [2.45, 2.75) is 69.2 Å². The summed E-state index contributed by atoms with van der Waals surface area (Å²) in [4.78, 5) is 48.7. The highest BCUT2D eigenvalue weighted by atomic mass is 16.5. The second kappa shape index (κ2) is 9.23. The Morgan fingerprint density at radius 1 is 1.00 bits per heavy atom. The summed E-state index contributed by atoms with van der Waals surface area (Å²) in [5, 5.41) is 3.58. The number of hydrogen-bond donors (Lipinski definition) is 2. The summed E-state index contributed by atoms with van der Waals surface area (Å²) < 4.78 is 6.59. The predicted octanol–water partition coefficient (Wildman–Crippen LogP) is 3.11. The minimum absolute atomic E-state index is 0.107. The van der Waals surface area contributed by atoms with Gasteiger partial charge in [0.15, 0.2) is 0 Å². The van der Waals surface area contributed by atoms with E-state index in [1.807, 2.05) is 30.6 Å².